The highest BCUT2D eigenvalue weighted by Gasteiger charge is 2.05. The van der Waals surface area contributed by atoms with E-state index in [0.29, 0.717) is 30.1 Å². The van der Waals surface area contributed by atoms with Crippen molar-refractivity contribution < 1.29 is 0 Å². The van der Waals surface area contributed by atoms with Crippen molar-refractivity contribution in [3.05, 3.63) is 101 Å². The van der Waals surface area contributed by atoms with E-state index in [9.17, 15) is 0 Å². The van der Waals surface area contributed by atoms with Crippen molar-refractivity contribution in [3.8, 4) is 0 Å². The Balaban J connectivity index is 1.88. The molecular weight excluding hydrogens is 477 g/mol. The van der Waals surface area contributed by atoms with E-state index >= 15 is 0 Å². The zero-order chi connectivity index (χ0) is 20.3. The van der Waals surface area contributed by atoms with Crippen LogP contribution in [0.4, 0.5) is 0 Å². The van der Waals surface area contributed by atoms with Crippen molar-refractivity contribution in [2.45, 2.75) is 0 Å². The molecule has 0 fully saturated rings. The molecule has 0 nitrogen and oxygen atoms in total. The largest absolute Gasteiger partial charge is 0.0843 e. The van der Waals surface area contributed by atoms with E-state index < -0.39 is 0 Å². The molecule has 0 heterocycles. The van der Waals surface area contributed by atoms with Gasteiger partial charge in [-0.25, -0.2) is 0 Å². The summed E-state index contributed by atoms with van der Waals surface area (Å²) in [6, 6.07) is 14.1. The normalized spacial score (nSPS) is 11.6. The predicted molar refractivity (Wildman–Crippen MR) is 127 cm³/mol. The van der Waals surface area contributed by atoms with E-state index in [4.69, 9.17) is 69.6 Å². The first-order valence-corrected chi connectivity index (χ1v) is 10.4. The predicted octanol–water partition coefficient (Wildman–Crippen LogP) is 9.95. The van der Waals surface area contributed by atoms with Crippen LogP contribution in [0.1, 0.15) is 22.3 Å². The summed E-state index contributed by atoms with van der Waals surface area (Å²) in [5.74, 6) is 0. The van der Waals surface area contributed by atoms with Gasteiger partial charge in [0.2, 0.25) is 0 Å². The number of benzene rings is 3. The Morgan fingerprint density at radius 2 is 0.714 bits per heavy atom. The molecule has 0 amide bonds. The van der Waals surface area contributed by atoms with E-state index in [-0.39, 0.29) is 0 Å². The van der Waals surface area contributed by atoms with Gasteiger partial charge in [0.25, 0.3) is 0 Å². The lowest BCUT2D eigenvalue weighted by Crippen LogP contribution is -1.83. The van der Waals surface area contributed by atoms with Crippen LogP contribution in [-0.4, -0.2) is 0 Å². The summed E-state index contributed by atoms with van der Waals surface area (Å²) >= 11 is 37.3. The van der Waals surface area contributed by atoms with Crippen LogP contribution in [0.2, 0.25) is 30.1 Å². The first-order chi connectivity index (χ1) is 13.3. The average Bonchev–Trinajstić information content (AvgIpc) is 2.66. The molecule has 0 aliphatic rings. The second-order valence-electron chi connectivity index (χ2n) is 5.89. The van der Waals surface area contributed by atoms with Crippen LogP contribution in [-0.2, 0) is 0 Å². The molecule has 28 heavy (non-hydrogen) atoms. The fraction of sp³-hybridized carbons (Fsp3) is 0. The van der Waals surface area contributed by atoms with Crippen molar-refractivity contribution >= 4 is 93.9 Å². The number of hydrogen-bond acceptors (Lipinski definition) is 0. The molecule has 0 aromatic heterocycles. The van der Waals surface area contributed by atoms with Crippen molar-refractivity contribution in [1.82, 2.24) is 0 Å². The molecule has 0 saturated heterocycles. The van der Waals surface area contributed by atoms with Gasteiger partial charge in [0.1, 0.15) is 0 Å². The van der Waals surface area contributed by atoms with Crippen LogP contribution in [0.5, 0.6) is 0 Å². The van der Waals surface area contributed by atoms with Crippen LogP contribution in [0.3, 0.4) is 0 Å². The Labute approximate surface area is 193 Å². The molecule has 3 aromatic carbocycles. The lowest BCUT2D eigenvalue weighted by molar-refractivity contribution is 1.61. The quantitative estimate of drug-likeness (QED) is 0.320. The Bertz CT molecular complexity index is 995. The second-order valence-corrected chi connectivity index (χ2v) is 8.40. The standard InChI is InChI=1S/C22H12Cl6/c23-17-5-7-19(25)13(9-17)1-3-15-11-22(28)16(12-21(15)27)4-2-14-10-18(24)6-8-20(14)26/h1-12H. The topological polar surface area (TPSA) is 0 Å². The molecule has 3 rings (SSSR count). The number of halogens is 6. The van der Waals surface area contributed by atoms with Crippen LogP contribution in [0, 0.1) is 0 Å². The first kappa shape index (κ1) is 21.6. The highest BCUT2D eigenvalue weighted by atomic mass is 35.5. The van der Waals surface area contributed by atoms with Crippen LogP contribution in [0.25, 0.3) is 24.3 Å². The molecule has 0 N–H and O–H groups in total. The summed E-state index contributed by atoms with van der Waals surface area (Å²) in [4.78, 5) is 0. The SMILES string of the molecule is Clc1ccc(Cl)c(C=Cc2cc(Cl)c(C=Cc3cc(Cl)ccc3Cl)cc2Cl)c1. The Kier molecular flexibility index (Phi) is 7.39. The van der Waals surface area contributed by atoms with Gasteiger partial charge < -0.3 is 0 Å². The minimum atomic E-state index is 0.552. The second kappa shape index (κ2) is 9.59. The summed E-state index contributed by atoms with van der Waals surface area (Å²) in [5, 5.41) is 3.51. The Morgan fingerprint density at radius 3 is 1.07 bits per heavy atom. The zero-order valence-corrected chi connectivity index (χ0v) is 18.7. The average molecular weight is 489 g/mol. The van der Waals surface area contributed by atoms with Gasteiger partial charge in [0, 0.05) is 30.1 Å². The fourth-order valence-corrected chi connectivity index (χ4v) is 3.67. The Hall–Kier alpha value is -1.12. The third kappa shape index (κ3) is 5.48. The van der Waals surface area contributed by atoms with Gasteiger partial charge in [-0.2, -0.15) is 0 Å². The van der Waals surface area contributed by atoms with Crippen molar-refractivity contribution in [2.24, 2.45) is 0 Å². The van der Waals surface area contributed by atoms with E-state index in [2.05, 4.69) is 0 Å². The molecule has 0 aliphatic carbocycles. The van der Waals surface area contributed by atoms with Crippen LogP contribution in [0.15, 0.2) is 48.5 Å². The highest BCUT2D eigenvalue weighted by molar-refractivity contribution is 6.36. The van der Waals surface area contributed by atoms with Gasteiger partial charge in [-0.3, -0.25) is 0 Å². The van der Waals surface area contributed by atoms with Crippen molar-refractivity contribution in [2.75, 3.05) is 0 Å². The van der Waals surface area contributed by atoms with E-state index in [1.165, 1.54) is 0 Å². The fourth-order valence-electron chi connectivity index (χ4n) is 2.48. The van der Waals surface area contributed by atoms with Crippen molar-refractivity contribution in [1.29, 1.82) is 0 Å². The first-order valence-electron chi connectivity index (χ1n) is 8.09. The van der Waals surface area contributed by atoms with E-state index in [1.54, 1.807) is 48.5 Å². The number of hydrogen-bond donors (Lipinski definition) is 0. The maximum absolute atomic E-state index is 6.43. The van der Waals surface area contributed by atoms with Gasteiger partial charge in [-0.15, -0.1) is 0 Å². The summed E-state index contributed by atoms with van der Waals surface area (Å²) in [6.45, 7) is 0. The maximum atomic E-state index is 6.43. The highest BCUT2D eigenvalue weighted by Crippen LogP contribution is 2.30. The smallest absolute Gasteiger partial charge is 0.0485 e. The zero-order valence-electron chi connectivity index (χ0n) is 14.2. The molecule has 0 bridgehead atoms. The van der Waals surface area contributed by atoms with Gasteiger partial charge in [-0.05, 0) is 70.8 Å². The molecule has 142 valence electrons. The third-order valence-electron chi connectivity index (χ3n) is 3.92. The van der Waals surface area contributed by atoms with Crippen LogP contribution >= 0.6 is 69.6 Å². The third-order valence-corrected chi connectivity index (χ3v) is 5.73. The monoisotopic (exact) mass is 486 g/mol. The summed E-state index contributed by atoms with van der Waals surface area (Å²) < 4.78 is 0. The van der Waals surface area contributed by atoms with Gasteiger partial charge >= 0.3 is 0 Å². The minimum Gasteiger partial charge on any atom is -0.0843 e. The van der Waals surface area contributed by atoms with Crippen LogP contribution < -0.4 is 0 Å². The van der Waals surface area contributed by atoms with E-state index in [0.717, 1.165) is 22.3 Å². The van der Waals surface area contributed by atoms with Gasteiger partial charge in [0.15, 0.2) is 0 Å². The molecular formula is C22H12Cl6. The van der Waals surface area contributed by atoms with E-state index in [1.807, 2.05) is 24.3 Å². The molecule has 0 unspecified atom stereocenters. The minimum absolute atomic E-state index is 0.552. The summed E-state index contributed by atoms with van der Waals surface area (Å²) in [7, 11) is 0. The molecule has 0 spiro atoms. The summed E-state index contributed by atoms with van der Waals surface area (Å²) in [6.07, 6.45) is 7.36. The maximum Gasteiger partial charge on any atom is 0.0485 e. The molecule has 0 saturated carbocycles. The van der Waals surface area contributed by atoms with Crippen molar-refractivity contribution in [3.63, 3.8) is 0 Å². The molecule has 3 aromatic rings. The van der Waals surface area contributed by atoms with Gasteiger partial charge in [0.05, 0.1) is 0 Å². The molecule has 0 radical (unpaired) electrons. The molecule has 6 heteroatoms. The Morgan fingerprint density at radius 1 is 0.393 bits per heavy atom. The number of rotatable bonds is 4. The summed E-state index contributed by atoms with van der Waals surface area (Å²) in [5.41, 5.74) is 3.11. The molecule has 0 atom stereocenters. The molecule has 0 aliphatic heterocycles. The lowest BCUT2D eigenvalue weighted by Gasteiger charge is -2.05. The van der Waals surface area contributed by atoms with Gasteiger partial charge in [-0.1, -0.05) is 93.9 Å². The lowest BCUT2D eigenvalue weighted by atomic mass is 10.1.